The summed E-state index contributed by atoms with van der Waals surface area (Å²) < 4.78 is 0. The maximum absolute atomic E-state index is 13.1. The lowest BCUT2D eigenvalue weighted by atomic mass is 9.54. The molecule has 5 fully saturated rings. The predicted octanol–water partition coefficient (Wildman–Crippen LogP) is 4.13. The zero-order chi connectivity index (χ0) is 20.5. The van der Waals surface area contributed by atoms with Gasteiger partial charge in [0.1, 0.15) is 0 Å². The maximum atomic E-state index is 13.1. The third-order valence-corrected chi connectivity index (χ3v) is 9.33. The van der Waals surface area contributed by atoms with Gasteiger partial charge in [-0.2, -0.15) is 0 Å². The lowest BCUT2D eigenvalue weighted by Crippen LogP contribution is -2.59. The molecule has 1 aromatic rings. The summed E-state index contributed by atoms with van der Waals surface area (Å²) in [5.41, 5.74) is 2.11. The van der Waals surface area contributed by atoms with Crippen LogP contribution >= 0.6 is 0 Å². The normalized spacial score (nSPS) is 37.9. The molecule has 4 bridgehead atoms. The molecular formula is C25H32N2O3. The number of piperidine rings is 1. The van der Waals surface area contributed by atoms with Crippen LogP contribution in [0.2, 0.25) is 0 Å². The quantitative estimate of drug-likeness (QED) is 0.773. The number of rotatable bonds is 2. The number of benzene rings is 1. The Hall–Kier alpha value is -2.04. The molecule has 1 aromatic carbocycles. The van der Waals surface area contributed by atoms with E-state index in [2.05, 4.69) is 11.4 Å². The SMILES string of the molecule is O=C(O)C1CC2(CCN(C(=O)NC3C4CC5CC(C4)CC3C5)CC2)c2ccccc21. The molecule has 5 nitrogen and oxygen atoms in total. The van der Waals surface area contributed by atoms with Gasteiger partial charge in [0.05, 0.1) is 5.92 Å². The van der Waals surface area contributed by atoms with Crippen LogP contribution in [0, 0.1) is 23.7 Å². The molecule has 4 saturated carbocycles. The number of likely N-dealkylation sites (tertiary alicyclic amines) is 1. The van der Waals surface area contributed by atoms with Gasteiger partial charge in [-0.3, -0.25) is 4.79 Å². The van der Waals surface area contributed by atoms with Crippen molar-refractivity contribution in [1.29, 1.82) is 0 Å². The van der Waals surface area contributed by atoms with E-state index >= 15 is 0 Å². The number of carbonyl (C=O) groups is 2. The molecule has 6 aliphatic rings. The number of nitrogens with zero attached hydrogens (tertiary/aromatic N) is 1. The zero-order valence-corrected chi connectivity index (χ0v) is 17.6. The molecule has 5 heteroatoms. The van der Waals surface area contributed by atoms with Crippen LogP contribution in [0.25, 0.3) is 0 Å². The van der Waals surface area contributed by atoms with Gasteiger partial charge in [-0.15, -0.1) is 0 Å². The number of fused-ring (bicyclic) bond motifs is 2. The molecule has 1 aliphatic heterocycles. The average Bonchev–Trinajstić information content (AvgIpc) is 3.05. The summed E-state index contributed by atoms with van der Waals surface area (Å²) in [5, 5.41) is 13.2. The summed E-state index contributed by atoms with van der Waals surface area (Å²) in [4.78, 5) is 27.0. The summed E-state index contributed by atoms with van der Waals surface area (Å²) in [6.07, 6.45) is 9.09. The summed E-state index contributed by atoms with van der Waals surface area (Å²) >= 11 is 0. The molecule has 1 heterocycles. The highest BCUT2D eigenvalue weighted by molar-refractivity contribution is 5.79. The van der Waals surface area contributed by atoms with Crippen molar-refractivity contribution in [2.75, 3.05) is 13.1 Å². The Balaban J connectivity index is 1.13. The van der Waals surface area contributed by atoms with Gasteiger partial charge in [0, 0.05) is 24.5 Å². The van der Waals surface area contributed by atoms with Crippen molar-refractivity contribution in [1.82, 2.24) is 10.2 Å². The Morgan fingerprint density at radius 1 is 0.967 bits per heavy atom. The molecule has 5 aliphatic carbocycles. The number of nitrogens with one attached hydrogen (secondary N) is 1. The van der Waals surface area contributed by atoms with E-state index in [4.69, 9.17) is 0 Å². The van der Waals surface area contributed by atoms with Crippen LogP contribution in [-0.4, -0.2) is 41.1 Å². The van der Waals surface area contributed by atoms with Crippen LogP contribution in [0.3, 0.4) is 0 Å². The first-order valence-corrected chi connectivity index (χ1v) is 11.9. The third-order valence-electron chi connectivity index (χ3n) is 9.33. The number of carboxylic acids is 1. The Bertz CT molecular complexity index is 845. The molecule has 30 heavy (non-hydrogen) atoms. The average molecular weight is 409 g/mol. The first kappa shape index (κ1) is 18.7. The number of hydrogen-bond donors (Lipinski definition) is 2. The molecule has 1 spiro atoms. The van der Waals surface area contributed by atoms with E-state index in [0.717, 1.165) is 43.3 Å². The second-order valence-corrected chi connectivity index (χ2v) is 10.9. The summed E-state index contributed by atoms with van der Waals surface area (Å²) in [6, 6.07) is 8.56. The molecule has 2 N–H and O–H groups in total. The van der Waals surface area contributed by atoms with Crippen molar-refractivity contribution in [2.24, 2.45) is 23.7 Å². The van der Waals surface area contributed by atoms with Crippen LogP contribution in [-0.2, 0) is 10.2 Å². The molecule has 160 valence electrons. The molecule has 0 radical (unpaired) electrons. The second kappa shape index (κ2) is 6.73. The van der Waals surface area contributed by atoms with Crippen LogP contribution in [0.1, 0.15) is 68.4 Å². The minimum absolute atomic E-state index is 0.0843. The fourth-order valence-electron chi connectivity index (χ4n) is 8.12. The Morgan fingerprint density at radius 2 is 1.60 bits per heavy atom. The van der Waals surface area contributed by atoms with Crippen LogP contribution in [0.15, 0.2) is 24.3 Å². The first-order chi connectivity index (χ1) is 14.5. The summed E-state index contributed by atoms with van der Waals surface area (Å²) in [7, 11) is 0. The Labute approximate surface area is 178 Å². The van der Waals surface area contributed by atoms with Gasteiger partial charge < -0.3 is 15.3 Å². The molecule has 2 amide bonds. The van der Waals surface area contributed by atoms with Crippen molar-refractivity contribution >= 4 is 12.0 Å². The van der Waals surface area contributed by atoms with Gasteiger partial charge in [0.25, 0.3) is 0 Å². The standard InChI is InChI=1S/C25H32N2O3/c28-23(29)20-14-25(21-4-2-1-3-19(20)21)5-7-27(8-6-25)24(30)26-22-17-10-15-9-16(12-17)13-18(22)11-15/h1-4,15-18,20,22H,5-14H2,(H,26,30)(H,28,29). The zero-order valence-electron chi connectivity index (χ0n) is 17.6. The molecule has 1 atom stereocenters. The van der Waals surface area contributed by atoms with Crippen molar-refractivity contribution in [3.05, 3.63) is 35.4 Å². The van der Waals surface area contributed by atoms with Crippen LogP contribution < -0.4 is 5.32 Å². The topological polar surface area (TPSA) is 69.6 Å². The fraction of sp³-hybridized carbons (Fsp3) is 0.680. The van der Waals surface area contributed by atoms with E-state index in [-0.39, 0.29) is 11.4 Å². The second-order valence-electron chi connectivity index (χ2n) is 10.9. The lowest BCUT2D eigenvalue weighted by molar-refractivity contribution is -0.139. The number of hydrogen-bond acceptors (Lipinski definition) is 2. The highest BCUT2D eigenvalue weighted by Gasteiger charge is 2.50. The van der Waals surface area contributed by atoms with Gasteiger partial charge >= 0.3 is 12.0 Å². The first-order valence-electron chi connectivity index (χ1n) is 11.9. The molecule has 0 aromatic heterocycles. The molecule has 7 rings (SSSR count). The maximum Gasteiger partial charge on any atom is 0.317 e. The van der Waals surface area contributed by atoms with Gasteiger partial charge in [-0.25, -0.2) is 4.79 Å². The Morgan fingerprint density at radius 3 is 2.23 bits per heavy atom. The van der Waals surface area contributed by atoms with Crippen molar-refractivity contribution in [3.63, 3.8) is 0 Å². The minimum atomic E-state index is -0.721. The number of aliphatic carboxylic acids is 1. The van der Waals surface area contributed by atoms with Gasteiger partial charge in [0.2, 0.25) is 0 Å². The largest absolute Gasteiger partial charge is 0.481 e. The van der Waals surface area contributed by atoms with Crippen molar-refractivity contribution in [2.45, 2.75) is 68.7 Å². The predicted molar refractivity (Wildman–Crippen MR) is 113 cm³/mol. The lowest BCUT2D eigenvalue weighted by Gasteiger charge is -2.54. The van der Waals surface area contributed by atoms with E-state index in [9.17, 15) is 14.7 Å². The number of amides is 2. The number of urea groups is 1. The number of carboxylic acid groups (broad SMARTS) is 1. The van der Waals surface area contributed by atoms with Gasteiger partial charge in [-0.05, 0) is 86.2 Å². The van der Waals surface area contributed by atoms with Crippen molar-refractivity contribution < 1.29 is 14.7 Å². The summed E-state index contributed by atoms with van der Waals surface area (Å²) in [5.74, 6) is 2.09. The molecule has 1 saturated heterocycles. The van der Waals surface area contributed by atoms with Crippen LogP contribution in [0.5, 0.6) is 0 Å². The smallest absolute Gasteiger partial charge is 0.317 e. The van der Waals surface area contributed by atoms with E-state index in [1.807, 2.05) is 23.1 Å². The third kappa shape index (κ3) is 2.80. The van der Waals surface area contributed by atoms with Crippen molar-refractivity contribution in [3.8, 4) is 0 Å². The minimum Gasteiger partial charge on any atom is -0.481 e. The molecule has 1 unspecified atom stereocenters. The highest BCUT2D eigenvalue weighted by atomic mass is 16.4. The van der Waals surface area contributed by atoms with E-state index in [1.165, 1.54) is 37.7 Å². The molecular weight excluding hydrogens is 376 g/mol. The van der Waals surface area contributed by atoms with E-state index in [0.29, 0.717) is 24.3 Å². The Kier molecular flexibility index (Phi) is 4.20. The van der Waals surface area contributed by atoms with Crippen LogP contribution in [0.4, 0.5) is 4.79 Å². The fourth-order valence-corrected chi connectivity index (χ4v) is 8.12. The van der Waals surface area contributed by atoms with Gasteiger partial charge in [0.15, 0.2) is 0 Å². The number of carbonyl (C=O) groups excluding carboxylic acids is 1. The van der Waals surface area contributed by atoms with E-state index in [1.54, 1.807) is 0 Å². The van der Waals surface area contributed by atoms with Gasteiger partial charge in [-0.1, -0.05) is 24.3 Å². The highest BCUT2D eigenvalue weighted by Crippen LogP contribution is 2.54. The summed E-state index contributed by atoms with van der Waals surface area (Å²) in [6.45, 7) is 1.44. The van der Waals surface area contributed by atoms with E-state index < -0.39 is 11.9 Å². The monoisotopic (exact) mass is 408 g/mol.